The average Bonchev–Trinajstić information content (AvgIpc) is 2.97. The van der Waals surface area contributed by atoms with Crippen molar-refractivity contribution >= 4 is 10.2 Å². The molecule has 0 amide bonds. The van der Waals surface area contributed by atoms with E-state index in [2.05, 4.69) is 4.98 Å². The van der Waals surface area contributed by atoms with Crippen molar-refractivity contribution in [1.82, 2.24) is 13.6 Å². The molecule has 24 heavy (non-hydrogen) atoms. The van der Waals surface area contributed by atoms with Crippen LogP contribution in [-0.4, -0.2) is 68.5 Å². The highest BCUT2D eigenvalue weighted by atomic mass is 32.2. The zero-order valence-electron chi connectivity index (χ0n) is 13.8. The summed E-state index contributed by atoms with van der Waals surface area (Å²) in [6, 6.07) is 2.78. The Morgan fingerprint density at radius 3 is 3.04 bits per heavy atom. The second-order valence-corrected chi connectivity index (χ2v) is 8.61. The summed E-state index contributed by atoms with van der Waals surface area (Å²) >= 11 is 0. The summed E-state index contributed by atoms with van der Waals surface area (Å²) in [6.45, 7) is 1.43. The molecule has 0 radical (unpaired) electrons. The number of pyridine rings is 1. The predicted molar refractivity (Wildman–Crippen MR) is 85.3 cm³/mol. The van der Waals surface area contributed by atoms with Crippen molar-refractivity contribution in [2.45, 2.75) is 18.9 Å². The second-order valence-electron chi connectivity index (χ2n) is 6.46. The molecule has 2 aliphatic heterocycles. The van der Waals surface area contributed by atoms with Crippen LogP contribution in [0.4, 0.5) is 4.39 Å². The van der Waals surface area contributed by atoms with E-state index < -0.39 is 21.4 Å². The molecule has 0 unspecified atom stereocenters. The maximum Gasteiger partial charge on any atom is 0.281 e. The molecule has 2 aliphatic rings. The van der Waals surface area contributed by atoms with Gasteiger partial charge in [0.1, 0.15) is 0 Å². The number of fused-ring (bicyclic) bond motifs is 1. The number of piperidine rings is 1. The molecule has 3 heterocycles. The lowest BCUT2D eigenvalue weighted by Gasteiger charge is -2.43. The molecular formula is C15H22FN3O4S. The van der Waals surface area contributed by atoms with Crippen molar-refractivity contribution in [2.75, 3.05) is 40.4 Å². The summed E-state index contributed by atoms with van der Waals surface area (Å²) in [6.07, 6.45) is 2.65. The van der Waals surface area contributed by atoms with Crippen molar-refractivity contribution in [3.8, 4) is 5.88 Å². The number of rotatable bonds is 5. The first-order valence-corrected chi connectivity index (χ1v) is 9.27. The summed E-state index contributed by atoms with van der Waals surface area (Å²) in [5, 5.41) is 0. The Morgan fingerprint density at radius 1 is 1.54 bits per heavy atom. The molecule has 0 spiro atoms. The predicted octanol–water partition coefficient (Wildman–Crippen LogP) is 0.887. The Kier molecular flexibility index (Phi) is 4.78. The first kappa shape index (κ1) is 17.5. The molecule has 1 aromatic rings. The van der Waals surface area contributed by atoms with E-state index in [4.69, 9.17) is 9.47 Å². The van der Waals surface area contributed by atoms with Crippen LogP contribution in [0.3, 0.4) is 0 Å². The molecule has 0 saturated carbocycles. The summed E-state index contributed by atoms with van der Waals surface area (Å²) in [7, 11) is -0.476. The van der Waals surface area contributed by atoms with Gasteiger partial charge < -0.3 is 9.47 Å². The molecule has 9 heteroatoms. The number of ether oxygens (including phenoxy) is 2. The van der Waals surface area contributed by atoms with Gasteiger partial charge in [-0.3, -0.25) is 0 Å². The van der Waals surface area contributed by atoms with Gasteiger partial charge in [-0.25, -0.2) is 9.37 Å². The lowest BCUT2D eigenvalue weighted by atomic mass is 9.78. The van der Waals surface area contributed by atoms with Gasteiger partial charge in [0.25, 0.3) is 10.2 Å². The summed E-state index contributed by atoms with van der Waals surface area (Å²) < 4.78 is 52.6. The van der Waals surface area contributed by atoms with Crippen LogP contribution in [0.25, 0.3) is 0 Å². The van der Waals surface area contributed by atoms with E-state index in [-0.39, 0.29) is 18.6 Å². The number of hydrogen-bond donors (Lipinski definition) is 0. The smallest absolute Gasteiger partial charge is 0.281 e. The zero-order chi connectivity index (χ0) is 17.4. The lowest BCUT2D eigenvalue weighted by Crippen LogP contribution is -2.56. The molecular weight excluding hydrogens is 337 g/mol. The average molecular weight is 359 g/mol. The molecule has 2 atom stereocenters. The third-order valence-electron chi connectivity index (χ3n) is 4.74. The number of halogens is 1. The number of aromatic nitrogens is 1. The van der Waals surface area contributed by atoms with Crippen molar-refractivity contribution in [3.05, 3.63) is 24.1 Å². The van der Waals surface area contributed by atoms with Gasteiger partial charge in [-0.05, 0) is 25.0 Å². The van der Waals surface area contributed by atoms with Crippen molar-refractivity contribution in [2.24, 2.45) is 5.41 Å². The van der Waals surface area contributed by atoms with Gasteiger partial charge in [0.05, 0.1) is 12.7 Å². The lowest BCUT2D eigenvalue weighted by molar-refractivity contribution is -0.0214. The van der Waals surface area contributed by atoms with Crippen LogP contribution in [0.2, 0.25) is 0 Å². The highest BCUT2D eigenvalue weighted by Crippen LogP contribution is 2.42. The Hall–Kier alpha value is -1.29. The quantitative estimate of drug-likeness (QED) is 0.781. The van der Waals surface area contributed by atoms with E-state index >= 15 is 0 Å². The molecule has 2 saturated heterocycles. The van der Waals surface area contributed by atoms with E-state index in [1.54, 1.807) is 0 Å². The van der Waals surface area contributed by atoms with E-state index in [0.717, 1.165) is 0 Å². The van der Waals surface area contributed by atoms with Crippen LogP contribution in [-0.2, 0) is 14.9 Å². The van der Waals surface area contributed by atoms with Crippen LogP contribution in [0.15, 0.2) is 18.3 Å². The fourth-order valence-electron chi connectivity index (χ4n) is 3.33. The van der Waals surface area contributed by atoms with Crippen LogP contribution in [0.5, 0.6) is 5.88 Å². The Balaban J connectivity index is 1.79. The maximum atomic E-state index is 13.7. The minimum atomic E-state index is -3.50. The number of hydrogen-bond acceptors (Lipinski definition) is 5. The van der Waals surface area contributed by atoms with E-state index in [9.17, 15) is 12.8 Å². The van der Waals surface area contributed by atoms with Crippen molar-refractivity contribution in [1.29, 1.82) is 0 Å². The Labute approximate surface area is 141 Å². The fraction of sp³-hybridized carbons (Fsp3) is 0.667. The molecule has 2 fully saturated rings. The van der Waals surface area contributed by atoms with Gasteiger partial charge >= 0.3 is 0 Å². The number of nitrogens with zero attached hydrogens (tertiary/aromatic N) is 3. The van der Waals surface area contributed by atoms with Gasteiger partial charge in [0.2, 0.25) is 5.88 Å². The Bertz CT molecular complexity index is 700. The van der Waals surface area contributed by atoms with E-state index in [1.165, 1.54) is 41.0 Å². The molecule has 134 valence electrons. The molecule has 0 aliphatic carbocycles. The van der Waals surface area contributed by atoms with E-state index in [0.29, 0.717) is 32.5 Å². The highest BCUT2D eigenvalue weighted by Gasteiger charge is 2.51. The third kappa shape index (κ3) is 3.13. The fourth-order valence-corrected chi connectivity index (χ4v) is 4.55. The van der Waals surface area contributed by atoms with Gasteiger partial charge in [-0.1, -0.05) is 0 Å². The van der Waals surface area contributed by atoms with Gasteiger partial charge in [-0.2, -0.15) is 17.0 Å². The monoisotopic (exact) mass is 359 g/mol. The summed E-state index contributed by atoms with van der Waals surface area (Å²) in [5.41, 5.74) is -0.481. The first-order chi connectivity index (χ1) is 11.3. The van der Waals surface area contributed by atoms with Crippen molar-refractivity contribution in [3.63, 3.8) is 0 Å². The SMILES string of the molecule is CN(C)S(=O)(=O)N1CC[C@H]2OCC[C@@]2(COc2ncccc2F)C1. The Morgan fingerprint density at radius 2 is 2.33 bits per heavy atom. The normalized spacial score (nSPS) is 28.1. The highest BCUT2D eigenvalue weighted by molar-refractivity contribution is 7.86. The van der Waals surface area contributed by atoms with Gasteiger partial charge in [-0.15, -0.1) is 0 Å². The standard InChI is InChI=1S/C15H22FN3O4S/c1-18(2)24(20,21)19-8-5-13-15(10-19,6-9-22-13)11-23-14-12(16)4-3-7-17-14/h3-4,7,13H,5-6,8-11H2,1-2H3/t13-,15+/m1/s1. The molecule has 0 aromatic carbocycles. The minimum absolute atomic E-state index is 0.0647. The molecule has 0 bridgehead atoms. The largest absolute Gasteiger partial charge is 0.475 e. The molecule has 1 aromatic heterocycles. The van der Waals surface area contributed by atoms with Crippen LogP contribution in [0.1, 0.15) is 12.8 Å². The van der Waals surface area contributed by atoms with Crippen LogP contribution >= 0.6 is 0 Å². The first-order valence-electron chi connectivity index (χ1n) is 7.88. The zero-order valence-corrected chi connectivity index (χ0v) is 14.6. The van der Waals surface area contributed by atoms with Gasteiger partial charge in [0.15, 0.2) is 5.82 Å². The van der Waals surface area contributed by atoms with E-state index in [1.807, 2.05) is 0 Å². The third-order valence-corrected chi connectivity index (χ3v) is 6.63. The minimum Gasteiger partial charge on any atom is -0.475 e. The van der Waals surface area contributed by atoms with Crippen molar-refractivity contribution < 1.29 is 22.3 Å². The maximum absolute atomic E-state index is 13.7. The topological polar surface area (TPSA) is 72.0 Å². The molecule has 3 rings (SSSR count). The molecule has 0 N–H and O–H groups in total. The van der Waals surface area contributed by atoms with Crippen LogP contribution < -0.4 is 4.74 Å². The summed E-state index contributed by atoms with van der Waals surface area (Å²) in [5.74, 6) is -0.594. The van der Waals surface area contributed by atoms with Gasteiger partial charge in [0, 0.05) is 45.4 Å². The van der Waals surface area contributed by atoms with Crippen LogP contribution in [0, 0.1) is 11.2 Å². The second kappa shape index (κ2) is 6.55. The summed E-state index contributed by atoms with van der Waals surface area (Å²) in [4.78, 5) is 3.89. The molecule has 7 nitrogen and oxygen atoms in total.